The second-order valence-corrected chi connectivity index (χ2v) is 6.31. The fourth-order valence-corrected chi connectivity index (χ4v) is 3.15. The van der Waals surface area contributed by atoms with E-state index in [0.29, 0.717) is 24.5 Å². The van der Waals surface area contributed by atoms with Gasteiger partial charge in [0, 0.05) is 18.0 Å². The van der Waals surface area contributed by atoms with Crippen molar-refractivity contribution in [2.24, 2.45) is 0 Å². The first kappa shape index (κ1) is 15.0. The SMILES string of the molecule is COc1nc(NCc2cccs2)nc(N2CCCCCC2)n1. The van der Waals surface area contributed by atoms with E-state index in [1.807, 2.05) is 6.07 Å². The third-order valence-electron chi connectivity index (χ3n) is 3.68. The van der Waals surface area contributed by atoms with Gasteiger partial charge in [0.2, 0.25) is 11.9 Å². The molecule has 3 heterocycles. The predicted molar refractivity (Wildman–Crippen MR) is 88.7 cm³/mol. The molecule has 0 bridgehead atoms. The number of ether oxygens (including phenoxy) is 1. The zero-order valence-corrected chi connectivity index (χ0v) is 13.6. The summed E-state index contributed by atoms with van der Waals surface area (Å²) in [5, 5.41) is 5.32. The number of methoxy groups -OCH3 is 1. The highest BCUT2D eigenvalue weighted by Gasteiger charge is 2.15. The Balaban J connectivity index is 1.75. The molecular formula is C15H21N5OS. The minimum Gasteiger partial charge on any atom is -0.467 e. The summed E-state index contributed by atoms with van der Waals surface area (Å²) in [4.78, 5) is 16.7. The first-order valence-electron chi connectivity index (χ1n) is 7.66. The fraction of sp³-hybridized carbons (Fsp3) is 0.533. The van der Waals surface area contributed by atoms with E-state index in [1.54, 1.807) is 18.4 Å². The summed E-state index contributed by atoms with van der Waals surface area (Å²) in [6, 6.07) is 4.49. The number of hydrogen-bond donors (Lipinski definition) is 1. The molecule has 0 atom stereocenters. The third kappa shape index (κ3) is 3.85. The van der Waals surface area contributed by atoms with Crippen LogP contribution in [-0.4, -0.2) is 35.2 Å². The normalized spacial score (nSPS) is 15.4. The molecule has 1 N–H and O–H groups in total. The van der Waals surface area contributed by atoms with Crippen LogP contribution in [-0.2, 0) is 6.54 Å². The average Bonchev–Trinajstić information content (AvgIpc) is 2.93. The number of thiophene rings is 1. The molecule has 0 spiro atoms. The van der Waals surface area contributed by atoms with Gasteiger partial charge in [-0.25, -0.2) is 0 Å². The number of hydrogen-bond acceptors (Lipinski definition) is 7. The summed E-state index contributed by atoms with van der Waals surface area (Å²) in [7, 11) is 1.59. The molecule has 1 saturated heterocycles. The van der Waals surface area contributed by atoms with Crippen molar-refractivity contribution in [3.8, 4) is 6.01 Å². The first-order valence-corrected chi connectivity index (χ1v) is 8.54. The van der Waals surface area contributed by atoms with Gasteiger partial charge >= 0.3 is 6.01 Å². The van der Waals surface area contributed by atoms with Crippen molar-refractivity contribution in [2.75, 3.05) is 30.4 Å². The van der Waals surface area contributed by atoms with Gasteiger partial charge < -0.3 is 15.0 Å². The van der Waals surface area contributed by atoms with Crippen molar-refractivity contribution >= 4 is 23.2 Å². The molecular weight excluding hydrogens is 298 g/mol. The van der Waals surface area contributed by atoms with Gasteiger partial charge in [0.1, 0.15) is 0 Å². The highest BCUT2D eigenvalue weighted by Crippen LogP contribution is 2.19. The zero-order chi connectivity index (χ0) is 15.2. The Hall–Kier alpha value is -1.89. The van der Waals surface area contributed by atoms with Crippen LogP contribution in [0, 0.1) is 0 Å². The molecule has 0 aliphatic carbocycles. The van der Waals surface area contributed by atoms with Gasteiger partial charge in [0.25, 0.3) is 0 Å². The van der Waals surface area contributed by atoms with Gasteiger partial charge in [-0.15, -0.1) is 11.3 Å². The van der Waals surface area contributed by atoms with Crippen LogP contribution in [0.25, 0.3) is 0 Å². The molecule has 0 unspecified atom stereocenters. The number of nitrogens with one attached hydrogen (secondary N) is 1. The molecule has 3 rings (SSSR count). The standard InChI is InChI=1S/C15H21N5OS/c1-21-15-18-13(16-11-12-7-6-10-22-12)17-14(19-15)20-8-4-2-3-5-9-20/h6-7,10H,2-5,8-9,11H2,1H3,(H,16,17,18,19). The quantitative estimate of drug-likeness (QED) is 0.914. The van der Waals surface area contributed by atoms with E-state index in [1.165, 1.54) is 30.6 Å². The Morgan fingerprint density at radius 1 is 1.18 bits per heavy atom. The van der Waals surface area contributed by atoms with Crippen molar-refractivity contribution < 1.29 is 4.74 Å². The van der Waals surface area contributed by atoms with E-state index < -0.39 is 0 Å². The Morgan fingerprint density at radius 3 is 2.68 bits per heavy atom. The van der Waals surface area contributed by atoms with Gasteiger partial charge in [-0.3, -0.25) is 0 Å². The molecule has 1 aliphatic rings. The molecule has 0 radical (unpaired) electrons. The molecule has 2 aromatic heterocycles. The molecule has 2 aromatic rings. The Labute approximate surface area is 134 Å². The topological polar surface area (TPSA) is 63.2 Å². The fourth-order valence-electron chi connectivity index (χ4n) is 2.51. The van der Waals surface area contributed by atoms with Crippen LogP contribution in [0.2, 0.25) is 0 Å². The lowest BCUT2D eigenvalue weighted by Gasteiger charge is -2.20. The highest BCUT2D eigenvalue weighted by molar-refractivity contribution is 7.09. The number of anilines is 2. The van der Waals surface area contributed by atoms with E-state index in [-0.39, 0.29) is 0 Å². The van der Waals surface area contributed by atoms with Crippen LogP contribution in [0.4, 0.5) is 11.9 Å². The smallest absolute Gasteiger partial charge is 0.322 e. The lowest BCUT2D eigenvalue weighted by atomic mass is 10.2. The largest absolute Gasteiger partial charge is 0.467 e. The van der Waals surface area contributed by atoms with Crippen molar-refractivity contribution in [1.82, 2.24) is 15.0 Å². The van der Waals surface area contributed by atoms with E-state index in [9.17, 15) is 0 Å². The molecule has 22 heavy (non-hydrogen) atoms. The van der Waals surface area contributed by atoms with E-state index in [2.05, 4.69) is 36.6 Å². The van der Waals surface area contributed by atoms with E-state index in [4.69, 9.17) is 4.74 Å². The summed E-state index contributed by atoms with van der Waals surface area (Å²) in [6.07, 6.45) is 4.93. The summed E-state index contributed by atoms with van der Waals surface area (Å²) in [5.41, 5.74) is 0. The average molecular weight is 319 g/mol. The molecule has 0 saturated carbocycles. The summed E-state index contributed by atoms with van der Waals surface area (Å²) < 4.78 is 5.23. The second kappa shape index (κ2) is 7.40. The summed E-state index contributed by atoms with van der Waals surface area (Å²) in [6.45, 7) is 2.71. The monoisotopic (exact) mass is 319 g/mol. The van der Waals surface area contributed by atoms with Gasteiger partial charge in [-0.1, -0.05) is 18.9 Å². The molecule has 1 aliphatic heterocycles. The minimum absolute atomic E-state index is 0.364. The Bertz CT molecular complexity index is 582. The second-order valence-electron chi connectivity index (χ2n) is 5.28. The lowest BCUT2D eigenvalue weighted by molar-refractivity contribution is 0.378. The maximum Gasteiger partial charge on any atom is 0.322 e. The molecule has 7 heteroatoms. The zero-order valence-electron chi connectivity index (χ0n) is 12.8. The molecule has 6 nitrogen and oxygen atoms in total. The van der Waals surface area contributed by atoms with Gasteiger partial charge in [-0.05, 0) is 24.3 Å². The van der Waals surface area contributed by atoms with Crippen LogP contribution in [0.3, 0.4) is 0 Å². The van der Waals surface area contributed by atoms with E-state index in [0.717, 1.165) is 13.1 Å². The van der Waals surface area contributed by atoms with Crippen molar-refractivity contribution in [2.45, 2.75) is 32.2 Å². The van der Waals surface area contributed by atoms with Crippen LogP contribution < -0.4 is 15.0 Å². The van der Waals surface area contributed by atoms with Crippen LogP contribution in [0.5, 0.6) is 6.01 Å². The Morgan fingerprint density at radius 2 is 2.00 bits per heavy atom. The van der Waals surface area contributed by atoms with Crippen LogP contribution >= 0.6 is 11.3 Å². The van der Waals surface area contributed by atoms with Crippen LogP contribution in [0.1, 0.15) is 30.6 Å². The van der Waals surface area contributed by atoms with Crippen molar-refractivity contribution in [3.05, 3.63) is 22.4 Å². The molecule has 0 aromatic carbocycles. The lowest BCUT2D eigenvalue weighted by Crippen LogP contribution is -2.26. The van der Waals surface area contributed by atoms with Crippen LogP contribution in [0.15, 0.2) is 17.5 Å². The van der Waals surface area contributed by atoms with Crippen molar-refractivity contribution in [3.63, 3.8) is 0 Å². The Kier molecular flexibility index (Phi) is 5.05. The predicted octanol–water partition coefficient (Wildman–Crippen LogP) is 2.93. The third-order valence-corrected chi connectivity index (χ3v) is 4.55. The molecule has 1 fully saturated rings. The number of aromatic nitrogens is 3. The maximum atomic E-state index is 5.23. The number of rotatable bonds is 5. The van der Waals surface area contributed by atoms with E-state index >= 15 is 0 Å². The summed E-state index contributed by atoms with van der Waals surface area (Å²) in [5.74, 6) is 1.28. The van der Waals surface area contributed by atoms with Gasteiger partial charge in [0.05, 0.1) is 13.7 Å². The minimum atomic E-state index is 0.364. The van der Waals surface area contributed by atoms with Gasteiger partial charge in [0.15, 0.2) is 0 Å². The van der Waals surface area contributed by atoms with Crippen molar-refractivity contribution in [1.29, 1.82) is 0 Å². The summed E-state index contributed by atoms with van der Waals surface area (Å²) >= 11 is 1.71. The highest BCUT2D eigenvalue weighted by atomic mass is 32.1. The first-order chi connectivity index (χ1) is 10.8. The maximum absolute atomic E-state index is 5.23. The molecule has 0 amide bonds. The van der Waals surface area contributed by atoms with Gasteiger partial charge in [-0.2, -0.15) is 15.0 Å². The number of nitrogens with zero attached hydrogens (tertiary/aromatic N) is 4. The molecule has 118 valence electrons.